The van der Waals surface area contributed by atoms with E-state index in [1.54, 1.807) is 0 Å². The summed E-state index contributed by atoms with van der Waals surface area (Å²) in [5.74, 6) is 1.67. The quantitative estimate of drug-likeness (QED) is 0.165. The molecule has 5 aromatic carbocycles. The molecular formula is C45H50N3. The maximum Gasteiger partial charge on any atom is 0.187 e. The highest BCUT2D eigenvalue weighted by molar-refractivity contribution is 6.09. The van der Waals surface area contributed by atoms with Crippen LogP contribution in [-0.2, 0) is 0 Å². The van der Waals surface area contributed by atoms with Gasteiger partial charge in [0.2, 0.25) is 0 Å². The van der Waals surface area contributed by atoms with E-state index in [0.717, 1.165) is 13.1 Å². The van der Waals surface area contributed by atoms with Crippen molar-refractivity contribution < 1.29 is 0 Å². The average molecular weight is 633 g/mol. The number of fused-ring (bicyclic) bond motifs is 3. The van der Waals surface area contributed by atoms with Gasteiger partial charge in [-0.25, -0.2) is 0 Å². The Labute approximate surface area is 287 Å². The zero-order valence-corrected chi connectivity index (χ0v) is 30.0. The third kappa shape index (κ3) is 5.38. The molecule has 1 fully saturated rings. The summed E-state index contributed by atoms with van der Waals surface area (Å²) < 4.78 is 2.42. The molecule has 2 heterocycles. The first kappa shape index (κ1) is 32.1. The Bertz CT molecular complexity index is 1880. The van der Waals surface area contributed by atoms with E-state index in [4.69, 9.17) is 0 Å². The summed E-state index contributed by atoms with van der Waals surface area (Å²) >= 11 is 0. The van der Waals surface area contributed by atoms with Crippen molar-refractivity contribution in [1.82, 2.24) is 4.57 Å². The van der Waals surface area contributed by atoms with E-state index in [0.29, 0.717) is 23.7 Å². The average Bonchev–Trinajstić information content (AvgIpc) is 3.67. The van der Waals surface area contributed by atoms with Crippen LogP contribution in [0.1, 0.15) is 107 Å². The second kappa shape index (κ2) is 12.8. The maximum atomic E-state index is 2.65. The van der Waals surface area contributed by atoms with Gasteiger partial charge < -0.3 is 14.4 Å². The summed E-state index contributed by atoms with van der Waals surface area (Å²) in [6, 6.07) is 40.8. The van der Waals surface area contributed by atoms with Crippen LogP contribution in [0.2, 0.25) is 0 Å². The first-order valence-electron chi connectivity index (χ1n) is 17.9. The lowest BCUT2D eigenvalue weighted by Crippen LogP contribution is -2.34. The minimum Gasteiger partial charge on any atom is -0.339 e. The van der Waals surface area contributed by atoms with E-state index in [2.05, 4.69) is 179 Å². The van der Waals surface area contributed by atoms with Crippen LogP contribution in [0.5, 0.6) is 0 Å². The van der Waals surface area contributed by atoms with Crippen molar-refractivity contribution in [2.45, 2.75) is 79.1 Å². The Morgan fingerprint density at radius 2 is 0.792 bits per heavy atom. The predicted octanol–water partition coefficient (Wildman–Crippen LogP) is 12.1. The van der Waals surface area contributed by atoms with Gasteiger partial charge in [0.05, 0.1) is 11.0 Å². The largest absolute Gasteiger partial charge is 0.339 e. The fourth-order valence-electron chi connectivity index (χ4n) is 7.91. The molecule has 0 bridgehead atoms. The molecule has 1 aliphatic rings. The molecule has 1 aromatic heterocycles. The lowest BCUT2D eigenvalue weighted by atomic mass is 9.90. The standard InChI is InChI=1S/C45H50N3/c1-29(2)35-17-13-18-36(30(3)4)43(35)46-27-28-47(44-37(31(5)6)19-14-20-38(44)32(7)8)45(46)33-23-25-34(26-24-33)48-41-21-11-9-15-39(41)40-16-10-12-22-42(40)48/h9-26,29-32H,27-28H2,1-8H3. The van der Waals surface area contributed by atoms with Gasteiger partial charge >= 0.3 is 0 Å². The van der Waals surface area contributed by atoms with E-state index in [9.17, 15) is 0 Å². The molecule has 1 aliphatic heterocycles. The van der Waals surface area contributed by atoms with E-state index in [-0.39, 0.29) is 0 Å². The molecule has 0 N–H and O–H groups in total. The Kier molecular flexibility index (Phi) is 8.58. The highest BCUT2D eigenvalue weighted by Crippen LogP contribution is 2.47. The molecule has 0 amide bonds. The molecule has 3 nitrogen and oxygen atoms in total. The van der Waals surface area contributed by atoms with Crippen molar-refractivity contribution in [3.63, 3.8) is 0 Å². The fourth-order valence-corrected chi connectivity index (χ4v) is 7.91. The van der Waals surface area contributed by atoms with Gasteiger partial charge in [-0.15, -0.1) is 0 Å². The molecule has 6 aromatic rings. The molecule has 0 aliphatic carbocycles. The normalized spacial score (nSPS) is 14.2. The SMILES string of the molecule is CC(C)c1cccc(C(C)C)c1N1CCN(c2c(C(C)C)cccc2C(C)C)[C]1c1ccc(-n2c3ccccc3c3ccccc32)cc1. The Morgan fingerprint density at radius 3 is 1.17 bits per heavy atom. The highest BCUT2D eigenvalue weighted by Gasteiger charge is 2.40. The van der Waals surface area contributed by atoms with Crippen molar-refractivity contribution in [1.29, 1.82) is 0 Å². The highest BCUT2D eigenvalue weighted by atomic mass is 15.4. The van der Waals surface area contributed by atoms with Crippen molar-refractivity contribution in [2.75, 3.05) is 22.9 Å². The molecule has 1 radical (unpaired) electrons. The number of hydrogen-bond donors (Lipinski definition) is 0. The molecule has 1 saturated heterocycles. The van der Waals surface area contributed by atoms with Gasteiger partial charge in [0.15, 0.2) is 6.17 Å². The van der Waals surface area contributed by atoms with Gasteiger partial charge in [-0.3, -0.25) is 0 Å². The third-order valence-electron chi connectivity index (χ3n) is 10.2. The van der Waals surface area contributed by atoms with E-state index in [1.807, 2.05) is 0 Å². The Hall–Kier alpha value is -4.50. The number of rotatable bonds is 8. The number of para-hydroxylation sites is 4. The minimum absolute atomic E-state index is 0.417. The van der Waals surface area contributed by atoms with Gasteiger partial charge in [0, 0.05) is 46.5 Å². The van der Waals surface area contributed by atoms with Crippen LogP contribution in [0.4, 0.5) is 11.4 Å². The maximum absolute atomic E-state index is 2.65. The minimum atomic E-state index is 0.417. The number of anilines is 2. The topological polar surface area (TPSA) is 11.4 Å². The molecule has 0 saturated carbocycles. The lowest BCUT2D eigenvalue weighted by molar-refractivity contribution is 0.799. The molecule has 245 valence electrons. The van der Waals surface area contributed by atoms with Crippen LogP contribution in [0, 0.1) is 6.17 Å². The number of nitrogens with zero attached hydrogens (tertiary/aromatic N) is 3. The fraction of sp³-hybridized carbons (Fsp3) is 0.311. The molecule has 7 rings (SSSR count). The molecule has 48 heavy (non-hydrogen) atoms. The summed E-state index contributed by atoms with van der Waals surface area (Å²) in [6.45, 7) is 20.6. The monoisotopic (exact) mass is 632 g/mol. The van der Waals surface area contributed by atoms with Crippen molar-refractivity contribution in [2.24, 2.45) is 0 Å². The molecule has 0 spiro atoms. The van der Waals surface area contributed by atoms with E-state index in [1.165, 1.54) is 72.9 Å². The van der Waals surface area contributed by atoms with Crippen LogP contribution in [0.3, 0.4) is 0 Å². The summed E-state index contributed by atoms with van der Waals surface area (Å²) in [5.41, 5.74) is 13.4. The molecule has 0 unspecified atom stereocenters. The van der Waals surface area contributed by atoms with E-state index < -0.39 is 0 Å². The van der Waals surface area contributed by atoms with E-state index >= 15 is 0 Å². The second-order valence-corrected chi connectivity index (χ2v) is 14.7. The molecular weight excluding hydrogens is 583 g/mol. The first-order valence-corrected chi connectivity index (χ1v) is 17.9. The molecule has 3 heteroatoms. The first-order chi connectivity index (χ1) is 23.2. The Balaban J connectivity index is 1.43. The van der Waals surface area contributed by atoms with Gasteiger partial charge in [-0.05, 0) is 70.2 Å². The van der Waals surface area contributed by atoms with Crippen molar-refractivity contribution in [3.8, 4) is 5.69 Å². The number of hydrogen-bond acceptors (Lipinski definition) is 2. The number of benzene rings is 5. The zero-order chi connectivity index (χ0) is 33.7. The van der Waals surface area contributed by atoms with Gasteiger partial charge in [0.25, 0.3) is 0 Å². The summed E-state index contributed by atoms with van der Waals surface area (Å²) in [4.78, 5) is 5.31. The lowest BCUT2D eigenvalue weighted by Gasteiger charge is -2.37. The van der Waals surface area contributed by atoms with Gasteiger partial charge in [0.1, 0.15) is 0 Å². The van der Waals surface area contributed by atoms with Crippen LogP contribution >= 0.6 is 0 Å². The summed E-state index contributed by atoms with van der Waals surface area (Å²) in [7, 11) is 0. The summed E-state index contributed by atoms with van der Waals surface area (Å²) in [6.07, 6.45) is 1.29. The van der Waals surface area contributed by atoms with Crippen LogP contribution < -0.4 is 9.80 Å². The predicted molar refractivity (Wildman–Crippen MR) is 207 cm³/mol. The van der Waals surface area contributed by atoms with Crippen molar-refractivity contribution in [3.05, 3.63) is 143 Å². The van der Waals surface area contributed by atoms with Crippen LogP contribution in [0.25, 0.3) is 27.5 Å². The van der Waals surface area contributed by atoms with Crippen molar-refractivity contribution >= 4 is 33.2 Å². The van der Waals surface area contributed by atoms with Crippen LogP contribution in [-0.4, -0.2) is 17.7 Å². The van der Waals surface area contributed by atoms with Gasteiger partial charge in [-0.2, -0.15) is 0 Å². The molecule has 0 atom stereocenters. The Morgan fingerprint density at radius 1 is 0.417 bits per heavy atom. The van der Waals surface area contributed by atoms with Gasteiger partial charge in [-0.1, -0.05) is 140 Å². The third-order valence-corrected chi connectivity index (χ3v) is 10.2. The summed E-state index contributed by atoms with van der Waals surface area (Å²) in [5, 5.41) is 2.58. The zero-order valence-electron chi connectivity index (χ0n) is 30.0. The second-order valence-electron chi connectivity index (χ2n) is 14.7. The smallest absolute Gasteiger partial charge is 0.187 e. The number of aromatic nitrogens is 1. The van der Waals surface area contributed by atoms with Crippen LogP contribution in [0.15, 0.2) is 109 Å².